The Morgan fingerprint density at radius 2 is 1.88 bits per heavy atom. The molecule has 0 N–H and O–H groups in total. The highest BCUT2D eigenvalue weighted by Crippen LogP contribution is 2.35. The lowest BCUT2D eigenvalue weighted by Crippen LogP contribution is -2.08. The van der Waals surface area contributed by atoms with Gasteiger partial charge < -0.3 is 9.30 Å². The lowest BCUT2D eigenvalue weighted by Gasteiger charge is -2.13. The number of halogens is 1. The Morgan fingerprint density at radius 1 is 1.06 bits per heavy atom. The van der Waals surface area contributed by atoms with Gasteiger partial charge in [-0.05, 0) is 43.7 Å². The molecule has 10 heteroatoms. The molecule has 0 unspecified atom stereocenters. The first-order valence-corrected chi connectivity index (χ1v) is 11.9. The van der Waals surface area contributed by atoms with Crippen molar-refractivity contribution < 1.29 is 17.5 Å². The molecule has 8 nitrogen and oxygen atoms in total. The van der Waals surface area contributed by atoms with Gasteiger partial charge in [-0.3, -0.25) is 0 Å². The second kappa shape index (κ2) is 8.62. The fraction of sp³-hybridized carbons (Fsp3) is 0.273. The van der Waals surface area contributed by atoms with E-state index in [4.69, 9.17) is 4.74 Å². The van der Waals surface area contributed by atoms with Gasteiger partial charge in [0.15, 0.2) is 20.5 Å². The second-order valence-corrected chi connectivity index (χ2v) is 9.22. The molecule has 1 aromatic carbocycles. The molecule has 0 amide bonds. The third-order valence-corrected chi connectivity index (χ3v) is 6.75. The van der Waals surface area contributed by atoms with Gasteiger partial charge in [-0.2, -0.15) is 5.10 Å². The molecule has 0 aliphatic heterocycles. The maximum absolute atomic E-state index is 14.9. The number of benzene rings is 1. The summed E-state index contributed by atoms with van der Waals surface area (Å²) < 4.78 is 46.9. The number of pyridine rings is 1. The van der Waals surface area contributed by atoms with Crippen LogP contribution >= 0.6 is 0 Å². The van der Waals surface area contributed by atoms with Gasteiger partial charge in [0.2, 0.25) is 5.88 Å². The zero-order valence-corrected chi connectivity index (χ0v) is 18.7. The number of hydrogen-bond donors (Lipinski definition) is 0. The van der Waals surface area contributed by atoms with Gasteiger partial charge in [0.05, 0.1) is 24.9 Å². The van der Waals surface area contributed by atoms with E-state index in [9.17, 15) is 12.8 Å². The Balaban J connectivity index is 1.88. The molecule has 0 radical (unpaired) electrons. The van der Waals surface area contributed by atoms with Crippen molar-refractivity contribution in [2.24, 2.45) is 0 Å². The first-order chi connectivity index (χ1) is 15.4. The normalized spacial score (nSPS) is 11.8. The van der Waals surface area contributed by atoms with Crippen molar-refractivity contribution in [1.29, 1.82) is 0 Å². The van der Waals surface area contributed by atoms with Gasteiger partial charge in [-0.25, -0.2) is 22.8 Å². The fourth-order valence-electron chi connectivity index (χ4n) is 3.41. The van der Waals surface area contributed by atoms with Gasteiger partial charge in [0, 0.05) is 23.2 Å². The molecule has 0 saturated heterocycles. The molecule has 0 aliphatic carbocycles. The first-order valence-electron chi connectivity index (χ1n) is 10.2. The number of imidazole rings is 1. The van der Waals surface area contributed by atoms with E-state index in [1.54, 1.807) is 31.6 Å². The molecule has 4 aromatic rings. The van der Waals surface area contributed by atoms with Crippen molar-refractivity contribution in [2.75, 3.05) is 12.4 Å². The monoisotopic (exact) mass is 455 g/mol. The summed E-state index contributed by atoms with van der Waals surface area (Å²) in [4.78, 5) is 8.62. The lowest BCUT2D eigenvalue weighted by atomic mass is 9.99. The van der Waals surface area contributed by atoms with Crippen molar-refractivity contribution in [1.82, 2.24) is 24.7 Å². The molecule has 0 saturated carbocycles. The van der Waals surface area contributed by atoms with Crippen LogP contribution in [0.4, 0.5) is 4.39 Å². The maximum Gasteiger partial charge on any atom is 0.222 e. The van der Waals surface area contributed by atoms with Crippen LogP contribution in [0.5, 0.6) is 5.88 Å². The van der Waals surface area contributed by atoms with E-state index >= 15 is 0 Å². The minimum Gasteiger partial charge on any atom is -0.477 e. The summed E-state index contributed by atoms with van der Waals surface area (Å²) in [5.41, 5.74) is 3.29. The van der Waals surface area contributed by atoms with Crippen LogP contribution in [0.1, 0.15) is 20.8 Å². The third kappa shape index (κ3) is 3.81. The molecule has 32 heavy (non-hydrogen) atoms. The van der Waals surface area contributed by atoms with Crippen LogP contribution in [0.2, 0.25) is 0 Å². The number of fused-ring (bicyclic) bond motifs is 1. The van der Waals surface area contributed by atoms with Crippen LogP contribution in [0, 0.1) is 5.82 Å². The number of aryl methyl sites for hydroxylation is 1. The Labute approximate surface area is 185 Å². The van der Waals surface area contributed by atoms with Gasteiger partial charge in [-0.15, -0.1) is 5.10 Å². The average molecular weight is 456 g/mol. The first kappa shape index (κ1) is 21.8. The Kier molecular flexibility index (Phi) is 5.88. The van der Waals surface area contributed by atoms with Gasteiger partial charge >= 0.3 is 0 Å². The van der Waals surface area contributed by atoms with Crippen LogP contribution in [0.15, 0.2) is 47.9 Å². The molecule has 0 atom stereocenters. The smallest absolute Gasteiger partial charge is 0.222 e. The maximum atomic E-state index is 14.9. The molecule has 0 spiro atoms. The summed E-state index contributed by atoms with van der Waals surface area (Å²) in [5.74, 6) is -0.518. The molecular weight excluding hydrogens is 433 g/mol. The third-order valence-electron chi connectivity index (χ3n) is 5.13. The second-order valence-electron chi connectivity index (χ2n) is 6.99. The van der Waals surface area contributed by atoms with Crippen molar-refractivity contribution in [3.63, 3.8) is 0 Å². The predicted octanol–water partition coefficient (Wildman–Crippen LogP) is 3.91. The zero-order chi connectivity index (χ0) is 22.9. The van der Waals surface area contributed by atoms with E-state index in [1.807, 2.05) is 11.5 Å². The summed E-state index contributed by atoms with van der Waals surface area (Å²) in [7, 11) is -3.53. The van der Waals surface area contributed by atoms with Crippen molar-refractivity contribution >= 4 is 21.0 Å². The van der Waals surface area contributed by atoms with E-state index < -0.39 is 15.7 Å². The number of nitrogens with zero attached hydrogens (tertiary/aromatic N) is 5. The van der Waals surface area contributed by atoms with Gasteiger partial charge in [-0.1, -0.05) is 13.0 Å². The Bertz CT molecular complexity index is 1400. The molecule has 0 bridgehead atoms. The molecule has 166 valence electrons. The van der Waals surface area contributed by atoms with Crippen molar-refractivity contribution in [2.45, 2.75) is 32.3 Å². The topological polar surface area (TPSA) is 99.9 Å². The molecular formula is C22H22FN5O3S. The molecule has 3 heterocycles. The molecule has 4 rings (SSSR count). The standard InChI is InChI=1S/C22H22FN5O3S/c1-4-28-13-24-20-17(12-25-27-21(20)28)14-7-9-18(23)16(11-14)15-8-10-19(32(29,30)6-3)26-22(15)31-5-2/h7-13H,4-6H2,1-3H3. The quantitative estimate of drug-likeness (QED) is 0.417. The minimum absolute atomic E-state index is 0.0614. The molecule has 0 fully saturated rings. The predicted molar refractivity (Wildman–Crippen MR) is 119 cm³/mol. The Morgan fingerprint density at radius 3 is 2.59 bits per heavy atom. The van der Waals surface area contributed by atoms with Gasteiger partial charge in [0.1, 0.15) is 11.3 Å². The number of sulfone groups is 1. The van der Waals surface area contributed by atoms with Crippen LogP contribution in [0.3, 0.4) is 0 Å². The van der Waals surface area contributed by atoms with E-state index in [0.29, 0.717) is 34.4 Å². The highest BCUT2D eigenvalue weighted by molar-refractivity contribution is 7.91. The van der Waals surface area contributed by atoms with Gasteiger partial charge in [0.25, 0.3) is 0 Å². The van der Waals surface area contributed by atoms with Crippen molar-refractivity contribution in [3.8, 4) is 28.1 Å². The van der Waals surface area contributed by atoms with Crippen LogP contribution in [0.25, 0.3) is 33.4 Å². The van der Waals surface area contributed by atoms with Crippen LogP contribution in [-0.4, -0.2) is 45.5 Å². The average Bonchev–Trinajstić information content (AvgIpc) is 3.23. The summed E-state index contributed by atoms with van der Waals surface area (Å²) in [5, 5.41) is 8.14. The van der Waals surface area contributed by atoms with E-state index in [2.05, 4.69) is 20.2 Å². The largest absolute Gasteiger partial charge is 0.477 e. The SMILES string of the molecule is CCOc1nc(S(=O)(=O)CC)ccc1-c1cc(-c2cnnc3c2ncn3CC)ccc1F. The van der Waals surface area contributed by atoms with Crippen LogP contribution in [-0.2, 0) is 16.4 Å². The lowest BCUT2D eigenvalue weighted by molar-refractivity contribution is 0.325. The number of aromatic nitrogens is 5. The highest BCUT2D eigenvalue weighted by atomic mass is 32.2. The summed E-state index contributed by atoms with van der Waals surface area (Å²) >= 11 is 0. The number of rotatable bonds is 7. The van der Waals surface area contributed by atoms with E-state index in [-0.39, 0.29) is 28.8 Å². The number of hydrogen-bond acceptors (Lipinski definition) is 7. The van der Waals surface area contributed by atoms with E-state index in [1.165, 1.54) is 25.1 Å². The summed E-state index contributed by atoms with van der Waals surface area (Å²) in [6, 6.07) is 7.54. The number of ether oxygens (including phenoxy) is 1. The Hall–Kier alpha value is -3.40. The highest BCUT2D eigenvalue weighted by Gasteiger charge is 2.20. The van der Waals surface area contributed by atoms with Crippen molar-refractivity contribution in [3.05, 3.63) is 48.7 Å². The molecule has 0 aliphatic rings. The summed E-state index contributed by atoms with van der Waals surface area (Å²) in [6.45, 7) is 6.22. The molecule has 3 aromatic heterocycles. The zero-order valence-electron chi connectivity index (χ0n) is 17.9. The minimum atomic E-state index is -3.53. The fourth-order valence-corrected chi connectivity index (χ4v) is 4.20. The van der Waals surface area contributed by atoms with Crippen LogP contribution < -0.4 is 4.74 Å². The van der Waals surface area contributed by atoms with E-state index in [0.717, 1.165) is 0 Å². The summed E-state index contributed by atoms with van der Waals surface area (Å²) in [6.07, 6.45) is 3.28.